The van der Waals surface area contributed by atoms with Gasteiger partial charge in [-0.25, -0.2) is 0 Å². The van der Waals surface area contributed by atoms with Gasteiger partial charge in [-0.1, -0.05) is 13.8 Å². The second-order valence-corrected chi connectivity index (χ2v) is 5.95. The molecule has 0 radical (unpaired) electrons. The molecule has 1 amide bonds. The number of nitrogens with one attached hydrogen (secondary N) is 1. The van der Waals surface area contributed by atoms with Gasteiger partial charge in [0.05, 0.1) is 6.04 Å². The maximum atomic E-state index is 11.9. The summed E-state index contributed by atoms with van der Waals surface area (Å²) in [5.74, 6) is 2.06. The minimum atomic E-state index is -0.319. The number of amides is 1. The summed E-state index contributed by atoms with van der Waals surface area (Å²) in [6.45, 7) is 4.21. The number of nitrogens with two attached hydrogens (primary N) is 1. The quantitative estimate of drug-likeness (QED) is 0.721. The average molecular weight is 224 g/mol. The molecule has 0 bridgehead atoms. The third-order valence-corrected chi connectivity index (χ3v) is 3.63. The maximum Gasteiger partial charge on any atom is 0.237 e. The van der Waals surface area contributed by atoms with Crippen LogP contribution in [0, 0.1) is 17.8 Å². The molecule has 3 N–H and O–H groups in total. The van der Waals surface area contributed by atoms with Crippen molar-refractivity contribution in [1.29, 1.82) is 0 Å². The normalized spacial score (nSPS) is 22.6. The Morgan fingerprint density at radius 3 is 2.12 bits per heavy atom. The van der Waals surface area contributed by atoms with Crippen LogP contribution >= 0.6 is 0 Å². The van der Waals surface area contributed by atoms with Crippen molar-refractivity contribution in [3.63, 3.8) is 0 Å². The minimum Gasteiger partial charge on any atom is -0.351 e. The topological polar surface area (TPSA) is 55.1 Å². The van der Waals surface area contributed by atoms with Gasteiger partial charge in [0.15, 0.2) is 0 Å². The molecule has 3 nitrogen and oxygen atoms in total. The van der Waals surface area contributed by atoms with E-state index in [2.05, 4.69) is 19.2 Å². The van der Waals surface area contributed by atoms with Crippen LogP contribution < -0.4 is 11.1 Å². The van der Waals surface area contributed by atoms with Crippen molar-refractivity contribution in [2.75, 3.05) is 0 Å². The zero-order valence-corrected chi connectivity index (χ0v) is 10.4. The van der Waals surface area contributed by atoms with Crippen molar-refractivity contribution in [2.45, 2.75) is 58.0 Å². The Kier molecular flexibility index (Phi) is 3.53. The molecule has 2 aliphatic carbocycles. The van der Waals surface area contributed by atoms with E-state index < -0.39 is 0 Å². The van der Waals surface area contributed by atoms with Crippen LogP contribution in [0.1, 0.15) is 46.0 Å². The molecule has 3 heteroatoms. The lowest BCUT2D eigenvalue weighted by Crippen LogP contribution is -2.47. The van der Waals surface area contributed by atoms with Gasteiger partial charge in [-0.05, 0) is 49.9 Å². The minimum absolute atomic E-state index is 0.0671. The van der Waals surface area contributed by atoms with Crippen molar-refractivity contribution in [2.24, 2.45) is 23.5 Å². The van der Waals surface area contributed by atoms with Crippen molar-refractivity contribution >= 4 is 5.91 Å². The van der Waals surface area contributed by atoms with Crippen molar-refractivity contribution in [1.82, 2.24) is 5.32 Å². The fourth-order valence-electron chi connectivity index (χ4n) is 2.42. The first kappa shape index (κ1) is 11.9. The largest absolute Gasteiger partial charge is 0.351 e. The first-order valence-electron chi connectivity index (χ1n) is 6.64. The van der Waals surface area contributed by atoms with Gasteiger partial charge in [0.25, 0.3) is 0 Å². The number of carbonyl (C=O) groups is 1. The van der Waals surface area contributed by atoms with E-state index in [-0.39, 0.29) is 11.9 Å². The van der Waals surface area contributed by atoms with Gasteiger partial charge in [0.1, 0.15) is 0 Å². The average Bonchev–Trinajstić information content (AvgIpc) is 3.03. The third-order valence-electron chi connectivity index (χ3n) is 3.63. The summed E-state index contributed by atoms with van der Waals surface area (Å²) in [4.78, 5) is 11.9. The highest BCUT2D eigenvalue weighted by molar-refractivity contribution is 5.81. The zero-order valence-electron chi connectivity index (χ0n) is 10.4. The number of hydrogen-bond acceptors (Lipinski definition) is 2. The summed E-state index contributed by atoms with van der Waals surface area (Å²) >= 11 is 0. The van der Waals surface area contributed by atoms with Gasteiger partial charge in [-0.15, -0.1) is 0 Å². The molecule has 2 saturated carbocycles. The van der Waals surface area contributed by atoms with E-state index in [9.17, 15) is 4.79 Å². The molecule has 1 unspecified atom stereocenters. The molecule has 0 aromatic carbocycles. The SMILES string of the molecule is CC(C)CC(N)C(=O)NC(C1CC1)C1CC1. The van der Waals surface area contributed by atoms with E-state index in [4.69, 9.17) is 5.73 Å². The van der Waals surface area contributed by atoms with Gasteiger partial charge in [0.2, 0.25) is 5.91 Å². The lowest BCUT2D eigenvalue weighted by atomic mass is 10.0. The summed E-state index contributed by atoms with van der Waals surface area (Å²) in [5, 5.41) is 3.18. The predicted octanol–water partition coefficient (Wildman–Crippen LogP) is 1.66. The molecule has 0 aliphatic heterocycles. The van der Waals surface area contributed by atoms with Gasteiger partial charge < -0.3 is 11.1 Å². The Hall–Kier alpha value is -0.570. The van der Waals surface area contributed by atoms with Crippen LogP contribution in [-0.4, -0.2) is 18.0 Å². The number of hydrogen-bond donors (Lipinski definition) is 2. The van der Waals surface area contributed by atoms with E-state index in [0.29, 0.717) is 12.0 Å². The molecule has 2 fully saturated rings. The zero-order chi connectivity index (χ0) is 11.7. The summed E-state index contributed by atoms with van der Waals surface area (Å²) in [7, 11) is 0. The van der Waals surface area contributed by atoms with Crippen LogP contribution in [0.2, 0.25) is 0 Å². The van der Waals surface area contributed by atoms with E-state index in [0.717, 1.165) is 18.3 Å². The summed E-state index contributed by atoms with van der Waals surface area (Å²) in [6.07, 6.45) is 5.96. The monoisotopic (exact) mass is 224 g/mol. The lowest BCUT2D eigenvalue weighted by Gasteiger charge is -2.21. The molecule has 2 rings (SSSR count). The Morgan fingerprint density at radius 2 is 1.75 bits per heavy atom. The van der Waals surface area contributed by atoms with Crippen LogP contribution in [-0.2, 0) is 4.79 Å². The summed E-state index contributed by atoms with van der Waals surface area (Å²) < 4.78 is 0. The standard InChI is InChI=1S/C13H24N2O/c1-8(2)7-11(14)13(16)15-12(9-3-4-9)10-5-6-10/h8-12H,3-7,14H2,1-2H3,(H,15,16). The lowest BCUT2D eigenvalue weighted by molar-refractivity contribution is -0.123. The first-order valence-corrected chi connectivity index (χ1v) is 6.64. The van der Waals surface area contributed by atoms with Crippen LogP contribution in [0.5, 0.6) is 0 Å². The molecule has 1 atom stereocenters. The fraction of sp³-hybridized carbons (Fsp3) is 0.923. The van der Waals surface area contributed by atoms with Crippen LogP contribution in [0.4, 0.5) is 0 Å². The molecule has 0 aromatic rings. The predicted molar refractivity (Wildman–Crippen MR) is 64.8 cm³/mol. The number of carbonyl (C=O) groups excluding carboxylic acids is 1. The smallest absolute Gasteiger partial charge is 0.237 e. The molecule has 0 heterocycles. The van der Waals surface area contributed by atoms with Gasteiger partial charge >= 0.3 is 0 Å². The van der Waals surface area contributed by atoms with E-state index in [1.54, 1.807) is 0 Å². The van der Waals surface area contributed by atoms with E-state index >= 15 is 0 Å². The molecular formula is C13H24N2O. The van der Waals surface area contributed by atoms with Crippen LogP contribution in [0.25, 0.3) is 0 Å². The highest BCUT2D eigenvalue weighted by Gasteiger charge is 2.42. The Bertz CT molecular complexity index is 245. The third kappa shape index (κ3) is 3.21. The van der Waals surface area contributed by atoms with E-state index in [1.807, 2.05) is 0 Å². The number of rotatable bonds is 6. The molecule has 16 heavy (non-hydrogen) atoms. The highest BCUT2D eigenvalue weighted by atomic mass is 16.2. The van der Waals surface area contributed by atoms with Crippen molar-refractivity contribution < 1.29 is 4.79 Å². The second-order valence-electron chi connectivity index (χ2n) is 5.95. The van der Waals surface area contributed by atoms with Gasteiger partial charge in [-0.2, -0.15) is 0 Å². The Labute approximate surface area is 98.2 Å². The van der Waals surface area contributed by atoms with Crippen LogP contribution in [0.3, 0.4) is 0 Å². The molecule has 0 aromatic heterocycles. The maximum absolute atomic E-state index is 11.9. The first-order chi connectivity index (χ1) is 7.58. The molecule has 92 valence electrons. The van der Waals surface area contributed by atoms with Gasteiger partial charge in [0, 0.05) is 6.04 Å². The molecule has 0 saturated heterocycles. The molecule has 0 spiro atoms. The van der Waals surface area contributed by atoms with Crippen LogP contribution in [0.15, 0.2) is 0 Å². The molecular weight excluding hydrogens is 200 g/mol. The summed E-state index contributed by atoms with van der Waals surface area (Å²) in [6, 6.07) is 0.116. The molecule has 2 aliphatic rings. The summed E-state index contributed by atoms with van der Waals surface area (Å²) in [5.41, 5.74) is 5.90. The van der Waals surface area contributed by atoms with Gasteiger partial charge in [-0.3, -0.25) is 4.79 Å². The second kappa shape index (κ2) is 4.74. The van der Waals surface area contributed by atoms with Crippen molar-refractivity contribution in [3.05, 3.63) is 0 Å². The fourth-order valence-corrected chi connectivity index (χ4v) is 2.42. The Morgan fingerprint density at radius 1 is 1.25 bits per heavy atom. The highest BCUT2D eigenvalue weighted by Crippen LogP contribution is 2.44. The van der Waals surface area contributed by atoms with E-state index in [1.165, 1.54) is 25.7 Å². The Balaban J connectivity index is 1.79. The van der Waals surface area contributed by atoms with Crippen molar-refractivity contribution in [3.8, 4) is 0 Å².